The van der Waals surface area contributed by atoms with Crippen LogP contribution in [0.3, 0.4) is 0 Å². The number of nitrogens with one attached hydrogen (secondary N) is 1. The van der Waals surface area contributed by atoms with Crippen molar-refractivity contribution in [3.8, 4) is 0 Å². The minimum Gasteiger partial charge on any atom is -0.481 e. The smallest absolute Gasteiger partial charge is 0.341 e. The van der Waals surface area contributed by atoms with E-state index in [0.717, 1.165) is 0 Å². The maximum atomic E-state index is 10.5. The number of hydrogen-bond donors (Lipinski definition) is 2. The molecule has 0 aromatic rings. The van der Waals surface area contributed by atoms with Gasteiger partial charge < -0.3 is 10.4 Å². The topological polar surface area (TPSA) is 78.8 Å². The van der Waals surface area contributed by atoms with E-state index in [4.69, 9.17) is 5.11 Å². The predicted molar refractivity (Wildman–Crippen MR) is 37.7 cm³/mol. The number of carboxylic acid groups (broad SMARTS) is 1. The first-order valence-corrected chi connectivity index (χ1v) is 3.24. The summed E-state index contributed by atoms with van der Waals surface area (Å²) in [7, 11) is 0. The van der Waals surface area contributed by atoms with Gasteiger partial charge in [0.05, 0.1) is 13.0 Å². The van der Waals surface area contributed by atoms with Crippen LogP contribution < -0.4 is 5.32 Å². The molecule has 5 nitrogen and oxygen atoms in total. The minimum absolute atomic E-state index is 0.0355. The number of carboxylic acids is 1. The van der Waals surface area contributed by atoms with Crippen LogP contribution in [0, 0.1) is 0 Å². The van der Waals surface area contributed by atoms with Crippen molar-refractivity contribution in [1.29, 1.82) is 0 Å². The number of carbonyl (C=O) groups excluding carboxylic acids is 1. The first-order valence-electron chi connectivity index (χ1n) is 3.24. The predicted octanol–water partition coefficient (Wildman–Crippen LogP) is 0.0154. The second-order valence-corrected chi connectivity index (χ2v) is 2.23. The highest BCUT2D eigenvalue weighted by atomic mass is 16.4. The van der Waals surface area contributed by atoms with Gasteiger partial charge in [0.15, 0.2) is 0 Å². The lowest BCUT2D eigenvalue weighted by Gasteiger charge is -1.92. The average Bonchev–Trinajstić information content (AvgIpc) is 2.31. The third-order valence-corrected chi connectivity index (χ3v) is 1.33. The normalized spacial score (nSPS) is 16.0. The van der Waals surface area contributed by atoms with Crippen molar-refractivity contribution in [3.05, 3.63) is 0 Å². The van der Waals surface area contributed by atoms with E-state index >= 15 is 0 Å². The lowest BCUT2D eigenvalue weighted by Crippen LogP contribution is -2.16. The number of aliphatic imine (C=N–C) groups is 1. The number of rotatable bonds is 3. The lowest BCUT2D eigenvalue weighted by molar-refractivity contribution is -0.136. The molecule has 1 rings (SSSR count). The largest absolute Gasteiger partial charge is 0.481 e. The summed E-state index contributed by atoms with van der Waals surface area (Å²) in [5, 5.41) is 10.7. The molecule has 0 bridgehead atoms. The number of hydrogen-bond acceptors (Lipinski definition) is 2. The maximum Gasteiger partial charge on any atom is 0.341 e. The summed E-state index contributed by atoms with van der Waals surface area (Å²) in [4.78, 5) is 24.1. The van der Waals surface area contributed by atoms with E-state index in [1.807, 2.05) is 0 Å². The highest BCUT2D eigenvalue weighted by Crippen LogP contribution is 1.98. The van der Waals surface area contributed by atoms with E-state index in [-0.39, 0.29) is 12.5 Å². The Labute approximate surface area is 63.1 Å². The molecule has 11 heavy (non-hydrogen) atoms. The molecule has 1 aliphatic heterocycles. The molecule has 0 fully saturated rings. The maximum absolute atomic E-state index is 10.5. The molecule has 60 valence electrons. The van der Waals surface area contributed by atoms with Gasteiger partial charge in [0, 0.05) is 5.71 Å². The van der Waals surface area contributed by atoms with Gasteiger partial charge in [-0.25, -0.2) is 9.79 Å². The van der Waals surface area contributed by atoms with Crippen molar-refractivity contribution in [2.75, 3.05) is 6.54 Å². The number of aliphatic carboxylic acids is 1. The molecular weight excluding hydrogens is 148 g/mol. The van der Waals surface area contributed by atoms with Crippen molar-refractivity contribution in [2.45, 2.75) is 12.8 Å². The van der Waals surface area contributed by atoms with Crippen LogP contribution in [0.15, 0.2) is 4.99 Å². The fraction of sp³-hybridized carbons (Fsp3) is 0.500. The van der Waals surface area contributed by atoms with Gasteiger partial charge in [0.1, 0.15) is 0 Å². The minimum atomic E-state index is -0.868. The van der Waals surface area contributed by atoms with E-state index < -0.39 is 5.97 Å². The Morgan fingerprint density at radius 3 is 2.91 bits per heavy atom. The molecule has 0 saturated heterocycles. The van der Waals surface area contributed by atoms with E-state index in [9.17, 15) is 9.59 Å². The van der Waals surface area contributed by atoms with Crippen LogP contribution in [0.2, 0.25) is 0 Å². The van der Waals surface area contributed by atoms with E-state index in [2.05, 4.69) is 10.3 Å². The van der Waals surface area contributed by atoms with Crippen LogP contribution in [0.25, 0.3) is 0 Å². The molecule has 0 aliphatic carbocycles. The first kappa shape index (κ1) is 7.71. The van der Waals surface area contributed by atoms with Gasteiger partial charge in [-0.1, -0.05) is 0 Å². The van der Waals surface area contributed by atoms with E-state index in [1.54, 1.807) is 0 Å². The van der Waals surface area contributed by atoms with Gasteiger partial charge >= 0.3 is 12.0 Å². The Balaban J connectivity index is 2.33. The summed E-state index contributed by atoms with van der Waals surface area (Å²) >= 11 is 0. The zero-order chi connectivity index (χ0) is 8.27. The molecule has 5 heteroatoms. The SMILES string of the molecule is O=C(O)CCC1=NC(=O)NC1. The summed E-state index contributed by atoms with van der Waals surface area (Å²) in [6.07, 6.45) is 0.391. The van der Waals surface area contributed by atoms with Crippen LogP contribution >= 0.6 is 0 Å². The number of amides is 2. The molecule has 0 spiro atoms. The van der Waals surface area contributed by atoms with E-state index in [1.165, 1.54) is 0 Å². The van der Waals surface area contributed by atoms with Gasteiger partial charge in [0.25, 0.3) is 0 Å². The summed E-state index contributed by atoms with van der Waals surface area (Å²) in [5.74, 6) is -0.868. The van der Waals surface area contributed by atoms with Crippen LogP contribution in [0.1, 0.15) is 12.8 Å². The molecule has 0 aromatic carbocycles. The molecule has 2 amide bonds. The van der Waals surface area contributed by atoms with Crippen molar-refractivity contribution < 1.29 is 14.7 Å². The first-order chi connectivity index (χ1) is 5.18. The second-order valence-electron chi connectivity index (χ2n) is 2.23. The Morgan fingerprint density at radius 1 is 1.73 bits per heavy atom. The van der Waals surface area contributed by atoms with Gasteiger partial charge in [-0.2, -0.15) is 0 Å². The molecule has 0 saturated carbocycles. The van der Waals surface area contributed by atoms with Crippen LogP contribution in [0.4, 0.5) is 4.79 Å². The molecule has 2 N–H and O–H groups in total. The van der Waals surface area contributed by atoms with Crippen molar-refractivity contribution in [1.82, 2.24) is 5.32 Å². The number of carbonyl (C=O) groups is 2. The van der Waals surface area contributed by atoms with Crippen molar-refractivity contribution in [3.63, 3.8) is 0 Å². The molecule has 0 atom stereocenters. The molecule has 1 heterocycles. The summed E-state index contributed by atoms with van der Waals surface area (Å²) in [6.45, 7) is 0.395. The Kier molecular flexibility index (Phi) is 2.20. The van der Waals surface area contributed by atoms with Gasteiger partial charge in [-0.05, 0) is 6.42 Å². The number of urea groups is 1. The van der Waals surface area contributed by atoms with Crippen molar-refractivity contribution >= 4 is 17.7 Å². The third kappa shape index (κ3) is 2.37. The monoisotopic (exact) mass is 156 g/mol. The Hall–Kier alpha value is -1.39. The van der Waals surface area contributed by atoms with Crippen molar-refractivity contribution in [2.24, 2.45) is 4.99 Å². The second kappa shape index (κ2) is 3.14. The Bertz CT molecular complexity index is 222. The fourth-order valence-corrected chi connectivity index (χ4v) is 0.796. The van der Waals surface area contributed by atoms with Gasteiger partial charge in [-0.3, -0.25) is 4.79 Å². The van der Waals surface area contributed by atoms with Gasteiger partial charge in [-0.15, -0.1) is 0 Å². The highest BCUT2D eigenvalue weighted by molar-refractivity contribution is 6.03. The average molecular weight is 156 g/mol. The van der Waals surface area contributed by atoms with Gasteiger partial charge in [0.2, 0.25) is 0 Å². The molecular formula is C6H8N2O3. The summed E-state index contributed by atoms with van der Waals surface area (Å²) in [5.41, 5.74) is 0.623. The van der Waals surface area contributed by atoms with Crippen LogP contribution in [-0.2, 0) is 4.79 Å². The molecule has 0 unspecified atom stereocenters. The standard InChI is InChI=1S/C6H8N2O3/c9-5(10)2-1-4-3-7-6(11)8-4/h1-3H2,(H,7,11)(H,9,10). The molecule has 1 aliphatic rings. The quantitative estimate of drug-likeness (QED) is 0.604. The fourth-order valence-electron chi connectivity index (χ4n) is 0.796. The zero-order valence-electron chi connectivity index (χ0n) is 5.83. The van der Waals surface area contributed by atoms with Crippen LogP contribution in [-0.4, -0.2) is 29.4 Å². The summed E-state index contributed by atoms with van der Waals surface area (Å²) < 4.78 is 0. The van der Waals surface area contributed by atoms with Crippen LogP contribution in [0.5, 0.6) is 0 Å². The zero-order valence-corrected chi connectivity index (χ0v) is 5.83. The molecule has 0 radical (unpaired) electrons. The highest BCUT2D eigenvalue weighted by Gasteiger charge is 2.12. The molecule has 0 aromatic heterocycles. The van der Waals surface area contributed by atoms with E-state index in [0.29, 0.717) is 18.7 Å². The Morgan fingerprint density at radius 2 is 2.45 bits per heavy atom. The number of nitrogens with zero attached hydrogens (tertiary/aromatic N) is 1. The lowest BCUT2D eigenvalue weighted by atomic mass is 10.2. The summed E-state index contributed by atoms with van der Waals surface area (Å²) in [6, 6.07) is -0.370. The third-order valence-electron chi connectivity index (χ3n) is 1.33.